The summed E-state index contributed by atoms with van der Waals surface area (Å²) < 4.78 is 4.65. The molecule has 0 atom stereocenters. The summed E-state index contributed by atoms with van der Waals surface area (Å²) in [7, 11) is 0. The van der Waals surface area contributed by atoms with Crippen molar-refractivity contribution in [2.24, 2.45) is 0 Å². The number of hydrogen-bond acceptors (Lipinski definition) is 1. The summed E-state index contributed by atoms with van der Waals surface area (Å²) in [5, 5.41) is 4.95. The molecule has 13 rings (SSSR count). The highest BCUT2D eigenvalue weighted by atomic mass is 15.1. The highest BCUT2D eigenvalue weighted by Gasteiger charge is 2.16. The smallest absolute Gasteiger partial charge is 0.138 e. The summed E-state index contributed by atoms with van der Waals surface area (Å²) in [5.74, 6) is 0.912. The number of pyridine rings is 1. The molecule has 3 heteroatoms. The maximum absolute atomic E-state index is 5.13. The van der Waals surface area contributed by atoms with Crippen LogP contribution in [0.25, 0.3) is 122 Å². The summed E-state index contributed by atoms with van der Waals surface area (Å²) in [4.78, 5) is 5.13. The first kappa shape index (κ1) is 39.3. The third-order valence-electron chi connectivity index (χ3n) is 13.6. The number of benzene rings is 10. The molecule has 0 fully saturated rings. The number of nitrogens with zero attached hydrogens (tertiary/aromatic N) is 3. The molecule has 3 heterocycles. The van der Waals surface area contributed by atoms with Gasteiger partial charge in [0.25, 0.3) is 0 Å². The average Bonchev–Trinajstić information content (AvgIpc) is 3.94. The lowest BCUT2D eigenvalue weighted by atomic mass is 9.96. The van der Waals surface area contributed by atoms with E-state index in [1.54, 1.807) is 0 Å². The third kappa shape index (κ3) is 6.88. The second-order valence-corrected chi connectivity index (χ2v) is 17.6. The molecule has 0 aliphatic heterocycles. The molecule has 13 aromatic rings. The zero-order valence-corrected chi connectivity index (χ0v) is 37.2. The van der Waals surface area contributed by atoms with Crippen LogP contribution < -0.4 is 0 Å². The molecule has 3 nitrogen and oxygen atoms in total. The quantitative estimate of drug-likeness (QED) is 0.149. The van der Waals surface area contributed by atoms with Crippen LogP contribution in [0.3, 0.4) is 0 Å². The number of fused-ring (bicyclic) bond motifs is 6. The van der Waals surface area contributed by atoms with E-state index in [0.29, 0.717) is 0 Å². The zero-order valence-electron chi connectivity index (χ0n) is 37.2. The van der Waals surface area contributed by atoms with Gasteiger partial charge < -0.3 is 4.57 Å². The predicted molar refractivity (Wildman–Crippen MR) is 286 cm³/mol. The monoisotopic (exact) mass is 865 g/mol. The molecule has 0 amide bonds. The van der Waals surface area contributed by atoms with Gasteiger partial charge in [0.1, 0.15) is 5.82 Å². The molecule has 0 aliphatic rings. The highest BCUT2D eigenvalue weighted by Crippen LogP contribution is 2.38. The van der Waals surface area contributed by atoms with Gasteiger partial charge in [0.2, 0.25) is 0 Å². The highest BCUT2D eigenvalue weighted by molar-refractivity contribution is 6.11. The summed E-state index contributed by atoms with van der Waals surface area (Å²) in [6, 6.07) is 94.1. The number of hydrogen-bond donors (Lipinski definition) is 0. The molecule has 0 unspecified atom stereocenters. The van der Waals surface area contributed by atoms with Crippen LogP contribution in [-0.2, 0) is 0 Å². The summed E-state index contributed by atoms with van der Waals surface area (Å²) in [5.41, 5.74) is 20.0. The fourth-order valence-electron chi connectivity index (χ4n) is 10.1. The van der Waals surface area contributed by atoms with E-state index < -0.39 is 0 Å². The predicted octanol–water partition coefficient (Wildman–Crippen LogP) is 17.3. The van der Waals surface area contributed by atoms with Gasteiger partial charge in [0.15, 0.2) is 0 Å². The molecule has 0 saturated carbocycles. The SMILES string of the molecule is c1ccc(-c2cccc(-n3c4ccccc4c4cc(-c5ccc(-c6ccc(-c7ccc(-c8ccc(-c9ccc%10c(c9)c9ccccc9n%10-c9ccccc9)cc8)cc7)cc6)cc5)ccc43)n2)cc1. The third-order valence-corrected chi connectivity index (χ3v) is 13.6. The largest absolute Gasteiger partial charge is 0.309 e. The summed E-state index contributed by atoms with van der Waals surface area (Å²) in [6.45, 7) is 0. The van der Waals surface area contributed by atoms with E-state index in [1.165, 1.54) is 93.9 Å². The van der Waals surface area contributed by atoms with Crippen molar-refractivity contribution in [2.75, 3.05) is 0 Å². The first-order valence-electron chi connectivity index (χ1n) is 23.3. The molecule has 10 aromatic carbocycles. The summed E-state index contributed by atoms with van der Waals surface area (Å²) >= 11 is 0. The maximum atomic E-state index is 5.13. The topological polar surface area (TPSA) is 22.8 Å². The van der Waals surface area contributed by atoms with Gasteiger partial charge in [-0.1, -0.05) is 200 Å². The Hall–Kier alpha value is -9.05. The second-order valence-electron chi connectivity index (χ2n) is 17.6. The molecular weight excluding hydrogens is 823 g/mol. The van der Waals surface area contributed by atoms with Crippen LogP contribution in [0.1, 0.15) is 0 Å². The second kappa shape index (κ2) is 16.4. The van der Waals surface area contributed by atoms with Crippen molar-refractivity contribution in [2.45, 2.75) is 0 Å². The Balaban J connectivity index is 0.719. The standard InChI is InChI=1S/C65H43N3/c1-3-12-52(13-4-1)60-18-11-21-65(66-60)68-62-20-10-8-17-57(62)59-43-54(39-41-64(59)68)51-36-32-49(33-37-51)47-28-24-45(25-29-47)44-22-26-46(27-23-44)48-30-34-50(35-31-48)53-38-40-63-58(42-53)56-16-7-9-19-61(56)67(63)55-14-5-2-6-15-55/h1-43H. The molecule has 0 N–H and O–H groups in total. The molecule has 0 spiro atoms. The Kier molecular flexibility index (Phi) is 9.50. The minimum Gasteiger partial charge on any atom is -0.309 e. The van der Waals surface area contributed by atoms with Crippen LogP contribution >= 0.6 is 0 Å². The van der Waals surface area contributed by atoms with Gasteiger partial charge in [0, 0.05) is 32.8 Å². The van der Waals surface area contributed by atoms with E-state index in [1.807, 2.05) is 6.07 Å². The van der Waals surface area contributed by atoms with Crippen molar-refractivity contribution < 1.29 is 0 Å². The first-order chi connectivity index (χ1) is 33.7. The van der Waals surface area contributed by atoms with Gasteiger partial charge >= 0.3 is 0 Å². The first-order valence-corrected chi connectivity index (χ1v) is 23.3. The zero-order chi connectivity index (χ0) is 45.0. The minimum atomic E-state index is 0.912. The molecule has 0 aliphatic carbocycles. The Morgan fingerprint density at radius 1 is 0.221 bits per heavy atom. The van der Waals surface area contributed by atoms with E-state index in [-0.39, 0.29) is 0 Å². The normalized spacial score (nSPS) is 11.5. The van der Waals surface area contributed by atoms with E-state index in [9.17, 15) is 0 Å². The van der Waals surface area contributed by atoms with Gasteiger partial charge in [-0.2, -0.15) is 0 Å². The van der Waals surface area contributed by atoms with Crippen LogP contribution in [0.2, 0.25) is 0 Å². The van der Waals surface area contributed by atoms with Crippen molar-refractivity contribution in [3.05, 3.63) is 261 Å². The molecule has 3 aromatic heterocycles. The van der Waals surface area contributed by atoms with Crippen molar-refractivity contribution in [1.29, 1.82) is 0 Å². The fourth-order valence-corrected chi connectivity index (χ4v) is 10.1. The van der Waals surface area contributed by atoms with E-state index in [4.69, 9.17) is 4.98 Å². The lowest BCUT2D eigenvalue weighted by Gasteiger charge is -2.10. The number of aromatic nitrogens is 3. The van der Waals surface area contributed by atoms with Crippen molar-refractivity contribution in [3.63, 3.8) is 0 Å². The number of para-hydroxylation sites is 3. The number of rotatable bonds is 8. The van der Waals surface area contributed by atoms with Crippen LogP contribution in [0.15, 0.2) is 261 Å². The summed E-state index contributed by atoms with van der Waals surface area (Å²) in [6.07, 6.45) is 0. The van der Waals surface area contributed by atoms with Crippen LogP contribution in [0, 0.1) is 0 Å². The van der Waals surface area contributed by atoms with E-state index in [2.05, 4.69) is 264 Å². The van der Waals surface area contributed by atoms with Gasteiger partial charge in [0.05, 0.1) is 27.8 Å². The van der Waals surface area contributed by atoms with Crippen molar-refractivity contribution in [1.82, 2.24) is 14.1 Å². The molecule has 0 bridgehead atoms. The average molecular weight is 866 g/mol. The fraction of sp³-hybridized carbons (Fsp3) is 0. The Labute approximate surface area is 395 Å². The van der Waals surface area contributed by atoms with Gasteiger partial charge in [-0.3, -0.25) is 4.57 Å². The Bertz CT molecular complexity index is 3960. The van der Waals surface area contributed by atoms with Crippen molar-refractivity contribution >= 4 is 43.6 Å². The van der Waals surface area contributed by atoms with Crippen LogP contribution in [0.5, 0.6) is 0 Å². The molecule has 0 saturated heterocycles. The maximum Gasteiger partial charge on any atom is 0.138 e. The molecule has 0 radical (unpaired) electrons. The Morgan fingerprint density at radius 2 is 0.574 bits per heavy atom. The van der Waals surface area contributed by atoms with Crippen LogP contribution in [-0.4, -0.2) is 14.1 Å². The molecule has 68 heavy (non-hydrogen) atoms. The lowest BCUT2D eigenvalue weighted by molar-refractivity contribution is 1.08. The van der Waals surface area contributed by atoms with E-state index in [0.717, 1.165) is 28.1 Å². The lowest BCUT2D eigenvalue weighted by Crippen LogP contribution is -1.98. The van der Waals surface area contributed by atoms with Crippen LogP contribution in [0.4, 0.5) is 0 Å². The van der Waals surface area contributed by atoms with E-state index >= 15 is 0 Å². The molecular formula is C65H43N3. The Morgan fingerprint density at radius 3 is 1.04 bits per heavy atom. The van der Waals surface area contributed by atoms with Gasteiger partial charge in [-0.05, 0) is 116 Å². The van der Waals surface area contributed by atoms with Gasteiger partial charge in [-0.15, -0.1) is 0 Å². The van der Waals surface area contributed by atoms with Gasteiger partial charge in [-0.25, -0.2) is 4.98 Å². The van der Waals surface area contributed by atoms with Crippen molar-refractivity contribution in [3.8, 4) is 78.4 Å². The minimum absolute atomic E-state index is 0.912. The molecule has 318 valence electrons.